The number of rotatable bonds is 5. The van der Waals surface area contributed by atoms with Gasteiger partial charge in [-0.2, -0.15) is 10.2 Å². The summed E-state index contributed by atoms with van der Waals surface area (Å²) < 4.78 is 1.79. The molecule has 8 nitrogen and oxygen atoms in total. The van der Waals surface area contributed by atoms with Crippen LogP contribution in [0, 0.1) is 0 Å². The van der Waals surface area contributed by atoms with Gasteiger partial charge in [0.15, 0.2) is 5.78 Å². The van der Waals surface area contributed by atoms with E-state index in [0.29, 0.717) is 18.5 Å². The molecule has 30 heavy (non-hydrogen) atoms. The first-order chi connectivity index (χ1) is 14.5. The van der Waals surface area contributed by atoms with Gasteiger partial charge in [-0.25, -0.2) is 0 Å². The highest BCUT2D eigenvalue weighted by molar-refractivity contribution is 6.08. The van der Waals surface area contributed by atoms with Crippen LogP contribution < -0.4 is 5.32 Å². The highest BCUT2D eigenvalue weighted by atomic mass is 16.2. The van der Waals surface area contributed by atoms with Gasteiger partial charge < -0.3 is 14.8 Å². The van der Waals surface area contributed by atoms with Crippen molar-refractivity contribution < 1.29 is 14.4 Å². The van der Waals surface area contributed by atoms with Crippen LogP contribution in [0.15, 0.2) is 42.9 Å². The number of nitrogens with zero attached hydrogens (tertiary/aromatic N) is 4. The number of aromatic nitrogens is 3. The van der Waals surface area contributed by atoms with Crippen LogP contribution in [0.1, 0.15) is 30.1 Å². The molecule has 3 aromatic rings. The fourth-order valence-corrected chi connectivity index (χ4v) is 4.09. The zero-order chi connectivity index (χ0) is 21.3. The lowest BCUT2D eigenvalue weighted by molar-refractivity contribution is -0.138. The number of carbonyl (C=O) groups excluding carboxylic acids is 3. The maximum Gasteiger partial charge on any atom is 0.243 e. The highest BCUT2D eigenvalue weighted by Crippen LogP contribution is 2.28. The van der Waals surface area contributed by atoms with Crippen molar-refractivity contribution in [3.05, 3.63) is 48.4 Å². The van der Waals surface area contributed by atoms with Gasteiger partial charge >= 0.3 is 0 Å². The van der Waals surface area contributed by atoms with Crippen LogP contribution in [0.5, 0.6) is 0 Å². The van der Waals surface area contributed by atoms with E-state index >= 15 is 0 Å². The Labute approximate surface area is 173 Å². The number of likely N-dealkylation sites (N-methyl/N-ethyl adjacent to an activating group) is 1. The number of ketones is 1. The molecular formula is C22H23N5O3. The number of Topliss-reactive ketones (excluding diaryl/α,β-unsaturated/α-hetero) is 1. The van der Waals surface area contributed by atoms with Crippen molar-refractivity contribution in [2.75, 3.05) is 13.6 Å². The quantitative estimate of drug-likeness (QED) is 0.655. The van der Waals surface area contributed by atoms with Gasteiger partial charge in [0.25, 0.3) is 0 Å². The van der Waals surface area contributed by atoms with Crippen molar-refractivity contribution in [2.45, 2.75) is 32.4 Å². The Kier molecular flexibility index (Phi) is 5.31. The zero-order valence-electron chi connectivity index (χ0n) is 17.0. The summed E-state index contributed by atoms with van der Waals surface area (Å²) in [5.41, 5.74) is 3.18. The van der Waals surface area contributed by atoms with E-state index in [2.05, 4.69) is 15.5 Å². The molecule has 2 aromatic heterocycles. The van der Waals surface area contributed by atoms with Crippen molar-refractivity contribution >= 4 is 28.5 Å². The molecule has 0 radical (unpaired) electrons. The fraction of sp³-hybridized carbons (Fsp3) is 0.318. The second-order valence-electron chi connectivity index (χ2n) is 7.45. The van der Waals surface area contributed by atoms with Gasteiger partial charge in [-0.15, -0.1) is 0 Å². The molecule has 1 aliphatic heterocycles. The molecule has 0 aliphatic carbocycles. The standard InChI is InChI=1S/C22H23N5O3/c1-14(28)18-12-26(13-21(29)27-9-3-4-20(27)22(30)23-2)19-6-5-15(10-17(18)19)16-7-8-24-25-11-16/h5-8,10-12,20H,3-4,9,13H2,1-2H3,(H,23,30)/t20-/m0/s1. The van der Waals surface area contributed by atoms with Gasteiger partial charge in [0.1, 0.15) is 12.6 Å². The monoisotopic (exact) mass is 405 g/mol. The first kappa shape index (κ1) is 19.8. The third-order valence-electron chi connectivity index (χ3n) is 5.61. The van der Waals surface area contributed by atoms with E-state index in [4.69, 9.17) is 0 Å². The Morgan fingerprint density at radius 1 is 1.17 bits per heavy atom. The Hall–Kier alpha value is -3.55. The minimum Gasteiger partial charge on any atom is -0.357 e. The summed E-state index contributed by atoms with van der Waals surface area (Å²) in [6.07, 6.45) is 6.48. The number of benzene rings is 1. The van der Waals surface area contributed by atoms with Crippen molar-refractivity contribution in [3.63, 3.8) is 0 Å². The van der Waals surface area contributed by atoms with E-state index in [1.54, 1.807) is 35.1 Å². The molecule has 8 heteroatoms. The molecule has 0 saturated carbocycles. The lowest BCUT2D eigenvalue weighted by Crippen LogP contribution is -2.45. The Balaban J connectivity index is 1.68. The maximum absolute atomic E-state index is 13.0. The lowest BCUT2D eigenvalue weighted by Gasteiger charge is -2.23. The van der Waals surface area contributed by atoms with Gasteiger partial charge in [-0.1, -0.05) is 6.07 Å². The van der Waals surface area contributed by atoms with Gasteiger partial charge in [-0.05, 0) is 43.5 Å². The summed E-state index contributed by atoms with van der Waals surface area (Å²) in [7, 11) is 1.58. The van der Waals surface area contributed by atoms with E-state index in [0.717, 1.165) is 28.5 Å². The summed E-state index contributed by atoms with van der Waals surface area (Å²) in [6.45, 7) is 2.16. The molecule has 1 fully saturated rings. The van der Waals surface area contributed by atoms with Crippen LogP contribution in [0.4, 0.5) is 0 Å². The minimum absolute atomic E-state index is 0.0689. The Morgan fingerprint density at radius 3 is 2.70 bits per heavy atom. The van der Waals surface area contributed by atoms with E-state index in [-0.39, 0.29) is 24.1 Å². The molecule has 1 atom stereocenters. The first-order valence-corrected chi connectivity index (χ1v) is 9.91. The predicted molar refractivity (Wildman–Crippen MR) is 112 cm³/mol. The van der Waals surface area contributed by atoms with Gasteiger partial charge in [-0.3, -0.25) is 14.4 Å². The van der Waals surface area contributed by atoms with Gasteiger partial charge in [0, 0.05) is 41.8 Å². The number of carbonyl (C=O) groups is 3. The number of amides is 2. The summed E-state index contributed by atoms with van der Waals surface area (Å²) in [5.74, 6) is -0.339. The lowest BCUT2D eigenvalue weighted by atomic mass is 10.0. The molecule has 0 unspecified atom stereocenters. The van der Waals surface area contributed by atoms with Crippen molar-refractivity contribution in [3.8, 4) is 11.1 Å². The largest absolute Gasteiger partial charge is 0.357 e. The molecule has 2 amide bonds. The smallest absolute Gasteiger partial charge is 0.243 e. The Morgan fingerprint density at radius 2 is 2.00 bits per heavy atom. The normalized spacial score (nSPS) is 16.1. The van der Waals surface area contributed by atoms with Crippen molar-refractivity contribution in [1.82, 2.24) is 25.0 Å². The van der Waals surface area contributed by atoms with Crippen molar-refractivity contribution in [2.24, 2.45) is 0 Å². The summed E-state index contributed by atoms with van der Waals surface area (Å²) in [5, 5.41) is 11.1. The summed E-state index contributed by atoms with van der Waals surface area (Å²) >= 11 is 0. The minimum atomic E-state index is -0.428. The molecule has 1 saturated heterocycles. The topological polar surface area (TPSA) is 97.2 Å². The van der Waals surface area contributed by atoms with Crippen LogP contribution in [0.2, 0.25) is 0 Å². The van der Waals surface area contributed by atoms with Crippen LogP contribution in [-0.4, -0.2) is 56.9 Å². The first-order valence-electron chi connectivity index (χ1n) is 9.91. The molecule has 1 aliphatic rings. The van der Waals surface area contributed by atoms with Gasteiger partial charge in [0.05, 0.1) is 12.4 Å². The third kappa shape index (κ3) is 3.56. The summed E-state index contributed by atoms with van der Waals surface area (Å²) in [6, 6.07) is 7.21. The van der Waals surface area contributed by atoms with Crippen LogP contribution >= 0.6 is 0 Å². The van der Waals surface area contributed by atoms with Crippen LogP contribution in [0.3, 0.4) is 0 Å². The fourth-order valence-electron chi connectivity index (χ4n) is 4.09. The number of likely N-dealkylation sites (tertiary alicyclic amines) is 1. The number of hydrogen-bond donors (Lipinski definition) is 1. The van der Waals surface area contributed by atoms with E-state index in [9.17, 15) is 14.4 Å². The average molecular weight is 405 g/mol. The van der Waals surface area contributed by atoms with Crippen LogP contribution in [0.25, 0.3) is 22.0 Å². The van der Waals surface area contributed by atoms with E-state index in [1.165, 1.54) is 6.92 Å². The second kappa shape index (κ2) is 8.06. The van der Waals surface area contributed by atoms with Crippen molar-refractivity contribution in [1.29, 1.82) is 0 Å². The summed E-state index contributed by atoms with van der Waals surface area (Å²) in [4.78, 5) is 39.0. The number of hydrogen-bond acceptors (Lipinski definition) is 5. The van der Waals surface area contributed by atoms with Gasteiger partial charge in [0.2, 0.25) is 11.8 Å². The zero-order valence-corrected chi connectivity index (χ0v) is 17.0. The third-order valence-corrected chi connectivity index (χ3v) is 5.61. The predicted octanol–water partition coefficient (Wildman–Crippen LogP) is 2.04. The SMILES string of the molecule is CNC(=O)[C@@H]1CCCN1C(=O)Cn1cc(C(C)=O)c2cc(-c3ccnnc3)ccc21. The molecule has 1 N–H and O–H groups in total. The molecule has 0 bridgehead atoms. The van der Waals surface area contributed by atoms with E-state index in [1.807, 2.05) is 24.3 Å². The molecule has 1 aromatic carbocycles. The highest BCUT2D eigenvalue weighted by Gasteiger charge is 2.33. The molecular weight excluding hydrogens is 382 g/mol. The number of nitrogens with one attached hydrogen (secondary N) is 1. The molecule has 154 valence electrons. The Bertz CT molecular complexity index is 1120. The van der Waals surface area contributed by atoms with Crippen LogP contribution in [-0.2, 0) is 16.1 Å². The molecule has 0 spiro atoms. The average Bonchev–Trinajstić information content (AvgIpc) is 3.39. The maximum atomic E-state index is 13.0. The molecule has 3 heterocycles. The molecule has 4 rings (SSSR count). The second-order valence-corrected chi connectivity index (χ2v) is 7.45. The number of fused-ring (bicyclic) bond motifs is 1. The van der Waals surface area contributed by atoms with E-state index < -0.39 is 6.04 Å².